The molecule has 3 aromatic rings. The van der Waals surface area contributed by atoms with Gasteiger partial charge in [-0.05, 0) is 56.3 Å². The Kier molecular flexibility index (Phi) is 4.20. The number of hydrogen-bond donors (Lipinski definition) is 1. The van der Waals surface area contributed by atoms with Gasteiger partial charge in [0.15, 0.2) is 0 Å². The van der Waals surface area contributed by atoms with Gasteiger partial charge in [-0.2, -0.15) is 0 Å². The Balaban J connectivity index is 2.07. The summed E-state index contributed by atoms with van der Waals surface area (Å²) in [6.07, 6.45) is 0. The van der Waals surface area contributed by atoms with Crippen LogP contribution < -0.4 is 5.32 Å². The lowest BCUT2D eigenvalue weighted by atomic mass is 10.0. The van der Waals surface area contributed by atoms with E-state index in [2.05, 4.69) is 82.1 Å². The highest BCUT2D eigenvalue weighted by Gasteiger charge is 2.17. The monoisotopic (exact) mass is 345 g/mol. The topological polar surface area (TPSA) is 12.0 Å². The van der Waals surface area contributed by atoms with Gasteiger partial charge in [0.25, 0.3) is 0 Å². The van der Waals surface area contributed by atoms with Gasteiger partial charge in [-0.1, -0.05) is 43.3 Å². The molecule has 0 aliphatic rings. The fourth-order valence-corrected chi connectivity index (χ4v) is 4.17. The maximum atomic E-state index is 3.65. The summed E-state index contributed by atoms with van der Waals surface area (Å²) in [5.74, 6) is 0. The molecule has 0 saturated carbocycles. The van der Waals surface area contributed by atoms with Crippen LogP contribution in [0.3, 0.4) is 0 Å². The van der Waals surface area contributed by atoms with Gasteiger partial charge in [0.2, 0.25) is 0 Å². The Labute approximate surface area is 131 Å². The van der Waals surface area contributed by atoms with Crippen LogP contribution in [0, 0.1) is 0 Å². The predicted molar refractivity (Wildman–Crippen MR) is 91.5 cm³/mol. The molecular weight excluding hydrogens is 330 g/mol. The summed E-state index contributed by atoms with van der Waals surface area (Å²) in [7, 11) is 0. The quantitative estimate of drug-likeness (QED) is 0.670. The summed E-state index contributed by atoms with van der Waals surface area (Å²) in [5.41, 5.74) is 1.31. The van der Waals surface area contributed by atoms with E-state index in [1.165, 1.54) is 25.7 Å². The molecule has 102 valence electrons. The lowest BCUT2D eigenvalue weighted by Gasteiger charge is -2.18. The first-order valence-electron chi connectivity index (χ1n) is 6.74. The van der Waals surface area contributed by atoms with Crippen LogP contribution in [-0.4, -0.2) is 6.54 Å². The number of halogens is 1. The molecule has 1 unspecified atom stereocenters. The minimum atomic E-state index is 0.249. The van der Waals surface area contributed by atoms with Gasteiger partial charge in [-0.25, -0.2) is 0 Å². The molecule has 0 bridgehead atoms. The van der Waals surface area contributed by atoms with Crippen LogP contribution in [0.4, 0.5) is 0 Å². The highest BCUT2D eigenvalue weighted by Crippen LogP contribution is 2.34. The van der Waals surface area contributed by atoms with Gasteiger partial charge in [0.05, 0.1) is 6.04 Å². The summed E-state index contributed by atoms with van der Waals surface area (Å²) in [6, 6.07) is 17.6. The van der Waals surface area contributed by atoms with Crippen LogP contribution in [0.1, 0.15) is 23.4 Å². The molecule has 1 atom stereocenters. The van der Waals surface area contributed by atoms with Gasteiger partial charge in [0.1, 0.15) is 0 Å². The number of rotatable bonds is 4. The summed E-state index contributed by atoms with van der Waals surface area (Å²) in [4.78, 5) is 1.34. The Hall–Kier alpha value is -1.16. The molecule has 1 N–H and O–H groups in total. The van der Waals surface area contributed by atoms with Crippen LogP contribution in [0.15, 0.2) is 58.4 Å². The Morgan fingerprint density at radius 2 is 1.90 bits per heavy atom. The van der Waals surface area contributed by atoms with Crippen LogP contribution >= 0.6 is 27.3 Å². The minimum Gasteiger partial charge on any atom is -0.306 e. The van der Waals surface area contributed by atoms with E-state index in [0.29, 0.717) is 0 Å². The molecule has 0 radical (unpaired) electrons. The first-order chi connectivity index (χ1) is 9.79. The fraction of sp³-hybridized carbons (Fsp3) is 0.176. The lowest BCUT2D eigenvalue weighted by molar-refractivity contribution is 0.638. The van der Waals surface area contributed by atoms with Gasteiger partial charge in [0, 0.05) is 9.35 Å². The van der Waals surface area contributed by atoms with Crippen molar-refractivity contribution in [3.63, 3.8) is 0 Å². The Morgan fingerprint density at radius 3 is 2.60 bits per heavy atom. The zero-order valence-corrected chi connectivity index (χ0v) is 13.7. The SMILES string of the molecule is CCNC(c1ccc2ccccc2c1)c1sccc1Br. The third kappa shape index (κ3) is 2.66. The van der Waals surface area contributed by atoms with E-state index in [9.17, 15) is 0 Å². The van der Waals surface area contributed by atoms with Crippen molar-refractivity contribution in [3.05, 3.63) is 68.8 Å². The molecule has 1 nitrogen and oxygen atoms in total. The maximum absolute atomic E-state index is 3.65. The van der Waals surface area contributed by atoms with Crippen LogP contribution in [0.5, 0.6) is 0 Å². The number of hydrogen-bond acceptors (Lipinski definition) is 2. The average molecular weight is 346 g/mol. The second-order valence-corrected chi connectivity index (χ2v) is 6.53. The second-order valence-electron chi connectivity index (χ2n) is 4.73. The second kappa shape index (κ2) is 6.08. The number of thiophene rings is 1. The molecule has 20 heavy (non-hydrogen) atoms. The number of nitrogens with one attached hydrogen (secondary N) is 1. The molecule has 2 aromatic carbocycles. The van der Waals surface area contributed by atoms with Crippen molar-refractivity contribution in [1.29, 1.82) is 0 Å². The van der Waals surface area contributed by atoms with E-state index in [1.54, 1.807) is 11.3 Å². The third-order valence-corrected chi connectivity index (χ3v) is 5.36. The summed E-state index contributed by atoms with van der Waals surface area (Å²) in [5, 5.41) is 8.30. The predicted octanol–water partition coefficient (Wildman–Crippen LogP) is 5.36. The summed E-state index contributed by atoms with van der Waals surface area (Å²) < 4.78 is 1.18. The molecule has 3 heteroatoms. The van der Waals surface area contributed by atoms with E-state index >= 15 is 0 Å². The Bertz CT molecular complexity index is 720. The van der Waals surface area contributed by atoms with Crippen LogP contribution in [-0.2, 0) is 0 Å². The van der Waals surface area contributed by atoms with Crippen molar-refractivity contribution in [2.75, 3.05) is 6.54 Å². The van der Waals surface area contributed by atoms with Gasteiger partial charge < -0.3 is 5.32 Å². The van der Waals surface area contributed by atoms with Gasteiger partial charge in [-0.3, -0.25) is 0 Å². The molecule has 0 aliphatic carbocycles. The van der Waals surface area contributed by atoms with Gasteiger partial charge >= 0.3 is 0 Å². The molecule has 1 heterocycles. The lowest BCUT2D eigenvalue weighted by Crippen LogP contribution is -2.21. The van der Waals surface area contributed by atoms with Crippen molar-refractivity contribution in [2.24, 2.45) is 0 Å². The molecule has 0 amide bonds. The Morgan fingerprint density at radius 1 is 1.10 bits per heavy atom. The van der Waals surface area contributed by atoms with Crippen molar-refractivity contribution >= 4 is 38.0 Å². The smallest absolute Gasteiger partial charge is 0.0682 e. The fourth-order valence-electron chi connectivity index (χ4n) is 2.46. The summed E-state index contributed by atoms with van der Waals surface area (Å²) >= 11 is 5.44. The molecule has 0 saturated heterocycles. The van der Waals surface area contributed by atoms with Crippen molar-refractivity contribution < 1.29 is 0 Å². The minimum absolute atomic E-state index is 0.249. The molecular formula is C17H16BrNS. The highest BCUT2D eigenvalue weighted by molar-refractivity contribution is 9.10. The molecule has 1 aromatic heterocycles. The van der Waals surface area contributed by atoms with Crippen molar-refractivity contribution in [3.8, 4) is 0 Å². The van der Waals surface area contributed by atoms with E-state index in [4.69, 9.17) is 0 Å². The van der Waals surface area contributed by atoms with Crippen LogP contribution in [0.25, 0.3) is 10.8 Å². The zero-order valence-electron chi connectivity index (χ0n) is 11.3. The number of benzene rings is 2. The highest BCUT2D eigenvalue weighted by atomic mass is 79.9. The average Bonchev–Trinajstić information content (AvgIpc) is 2.90. The normalized spacial score (nSPS) is 12.7. The van der Waals surface area contributed by atoms with E-state index in [-0.39, 0.29) is 6.04 Å². The number of fused-ring (bicyclic) bond motifs is 1. The summed E-state index contributed by atoms with van der Waals surface area (Å²) in [6.45, 7) is 3.09. The molecule has 0 fully saturated rings. The standard InChI is InChI=1S/C17H16BrNS/c1-2-19-16(17-15(18)9-10-20-17)14-8-7-12-5-3-4-6-13(12)11-14/h3-11,16,19H,2H2,1H3. The van der Waals surface area contributed by atoms with Crippen LogP contribution in [0.2, 0.25) is 0 Å². The van der Waals surface area contributed by atoms with Crippen molar-refractivity contribution in [1.82, 2.24) is 5.32 Å². The molecule has 3 rings (SSSR count). The van der Waals surface area contributed by atoms with Crippen molar-refractivity contribution in [2.45, 2.75) is 13.0 Å². The van der Waals surface area contributed by atoms with E-state index < -0.39 is 0 Å². The largest absolute Gasteiger partial charge is 0.306 e. The van der Waals surface area contributed by atoms with Gasteiger partial charge in [-0.15, -0.1) is 11.3 Å². The first-order valence-corrected chi connectivity index (χ1v) is 8.42. The van der Waals surface area contributed by atoms with E-state index in [0.717, 1.165) is 6.54 Å². The molecule has 0 spiro atoms. The third-order valence-electron chi connectivity index (χ3n) is 3.42. The molecule has 0 aliphatic heterocycles. The first kappa shape index (κ1) is 13.8. The maximum Gasteiger partial charge on any atom is 0.0682 e. The zero-order chi connectivity index (χ0) is 13.9. The van der Waals surface area contributed by atoms with E-state index in [1.807, 2.05) is 0 Å².